The zero-order chi connectivity index (χ0) is 16.7. The summed E-state index contributed by atoms with van der Waals surface area (Å²) in [5.41, 5.74) is 6.90. The molecule has 0 saturated heterocycles. The molecule has 5 nitrogen and oxygen atoms in total. The van der Waals surface area contributed by atoms with Crippen molar-refractivity contribution in [3.05, 3.63) is 45.9 Å². The SMILES string of the molecule is CC(C)COc1ccccc1CNC(=O)c1csc(CCN)n1.Cl. The predicted molar refractivity (Wildman–Crippen MR) is 100 cm³/mol. The largest absolute Gasteiger partial charge is 0.493 e. The summed E-state index contributed by atoms with van der Waals surface area (Å²) < 4.78 is 5.79. The fraction of sp³-hybridized carbons (Fsp3) is 0.412. The fourth-order valence-corrected chi connectivity index (χ4v) is 2.76. The van der Waals surface area contributed by atoms with Crippen LogP contribution in [0, 0.1) is 5.92 Å². The van der Waals surface area contributed by atoms with Crippen molar-refractivity contribution < 1.29 is 9.53 Å². The first-order chi connectivity index (χ1) is 11.1. The summed E-state index contributed by atoms with van der Waals surface area (Å²) in [6, 6.07) is 7.75. The molecule has 0 aliphatic heterocycles. The first kappa shape index (κ1) is 20.4. The van der Waals surface area contributed by atoms with E-state index < -0.39 is 0 Å². The number of amides is 1. The fourth-order valence-electron chi connectivity index (χ4n) is 1.97. The summed E-state index contributed by atoms with van der Waals surface area (Å²) >= 11 is 1.46. The van der Waals surface area contributed by atoms with Crippen molar-refractivity contribution in [1.29, 1.82) is 0 Å². The van der Waals surface area contributed by atoms with Crippen LogP contribution in [0.5, 0.6) is 5.75 Å². The summed E-state index contributed by atoms with van der Waals surface area (Å²) in [6.07, 6.45) is 0.698. The minimum absolute atomic E-state index is 0. The molecule has 3 N–H and O–H groups in total. The van der Waals surface area contributed by atoms with Gasteiger partial charge in [0.2, 0.25) is 0 Å². The second kappa shape index (κ2) is 10.3. The molecule has 0 radical (unpaired) electrons. The lowest BCUT2D eigenvalue weighted by atomic mass is 10.2. The van der Waals surface area contributed by atoms with Crippen LogP contribution >= 0.6 is 23.7 Å². The van der Waals surface area contributed by atoms with Crippen LogP contribution in [0.3, 0.4) is 0 Å². The number of hydrogen-bond acceptors (Lipinski definition) is 5. The Morgan fingerprint density at radius 3 is 2.83 bits per heavy atom. The molecule has 7 heteroatoms. The molecule has 0 atom stereocenters. The van der Waals surface area contributed by atoms with E-state index in [1.807, 2.05) is 24.3 Å². The Labute approximate surface area is 153 Å². The van der Waals surface area contributed by atoms with Gasteiger partial charge in [0, 0.05) is 23.9 Å². The maximum absolute atomic E-state index is 12.2. The summed E-state index contributed by atoms with van der Waals surface area (Å²) in [7, 11) is 0. The van der Waals surface area contributed by atoms with Crippen molar-refractivity contribution in [2.45, 2.75) is 26.8 Å². The summed E-state index contributed by atoms with van der Waals surface area (Å²) in [5, 5.41) is 5.55. The lowest BCUT2D eigenvalue weighted by Gasteiger charge is -2.13. The Morgan fingerprint density at radius 2 is 2.12 bits per heavy atom. The Morgan fingerprint density at radius 1 is 1.38 bits per heavy atom. The quantitative estimate of drug-likeness (QED) is 0.749. The van der Waals surface area contributed by atoms with Crippen molar-refractivity contribution in [2.75, 3.05) is 13.2 Å². The molecule has 0 aliphatic rings. The molecule has 2 rings (SSSR count). The van der Waals surface area contributed by atoms with Crippen molar-refractivity contribution in [3.8, 4) is 5.75 Å². The molecular weight excluding hydrogens is 346 g/mol. The Balaban J connectivity index is 0.00000288. The number of aromatic nitrogens is 1. The van der Waals surface area contributed by atoms with E-state index in [9.17, 15) is 4.79 Å². The molecule has 1 amide bonds. The highest BCUT2D eigenvalue weighted by molar-refractivity contribution is 7.09. The molecule has 0 saturated carbocycles. The average Bonchev–Trinajstić information content (AvgIpc) is 3.00. The van der Waals surface area contributed by atoms with Crippen molar-refractivity contribution >= 4 is 29.7 Å². The van der Waals surface area contributed by atoms with Gasteiger partial charge in [-0.2, -0.15) is 0 Å². The van der Waals surface area contributed by atoms with E-state index in [1.54, 1.807) is 5.38 Å². The van der Waals surface area contributed by atoms with Gasteiger partial charge in [-0.05, 0) is 18.5 Å². The number of nitrogens with zero attached hydrogens (tertiary/aromatic N) is 1. The van der Waals surface area contributed by atoms with Crippen molar-refractivity contribution in [3.63, 3.8) is 0 Å². The van der Waals surface area contributed by atoms with Gasteiger partial charge in [-0.25, -0.2) is 4.98 Å². The van der Waals surface area contributed by atoms with Crippen molar-refractivity contribution in [2.24, 2.45) is 11.7 Å². The zero-order valence-electron chi connectivity index (χ0n) is 14.0. The van der Waals surface area contributed by atoms with Gasteiger partial charge in [0.05, 0.1) is 11.6 Å². The maximum atomic E-state index is 12.2. The number of nitrogens with one attached hydrogen (secondary N) is 1. The van der Waals surface area contributed by atoms with Gasteiger partial charge in [-0.3, -0.25) is 4.79 Å². The van der Waals surface area contributed by atoms with Crippen LogP contribution in [0.25, 0.3) is 0 Å². The average molecular weight is 370 g/mol. The summed E-state index contributed by atoms with van der Waals surface area (Å²) in [5.74, 6) is 1.08. The van der Waals surface area contributed by atoms with E-state index in [2.05, 4.69) is 24.1 Å². The third-order valence-electron chi connectivity index (χ3n) is 3.13. The minimum Gasteiger partial charge on any atom is -0.493 e. The van der Waals surface area contributed by atoms with Crippen LogP contribution in [0.4, 0.5) is 0 Å². The van der Waals surface area contributed by atoms with Crippen LogP contribution < -0.4 is 15.8 Å². The standard InChI is InChI=1S/C17H23N3O2S.ClH/c1-12(2)10-22-15-6-4-3-5-13(15)9-19-17(21)14-11-23-16(20-14)7-8-18;/h3-6,11-12H,7-10,18H2,1-2H3,(H,19,21);1H. The first-order valence-corrected chi connectivity index (χ1v) is 8.61. The van der Waals surface area contributed by atoms with E-state index in [4.69, 9.17) is 10.5 Å². The third kappa shape index (κ3) is 6.11. The highest BCUT2D eigenvalue weighted by Crippen LogP contribution is 2.19. The molecule has 0 unspecified atom stereocenters. The third-order valence-corrected chi connectivity index (χ3v) is 4.04. The summed E-state index contributed by atoms with van der Waals surface area (Å²) in [4.78, 5) is 16.5. The molecule has 1 aromatic carbocycles. The zero-order valence-corrected chi connectivity index (χ0v) is 15.6. The molecule has 132 valence electrons. The molecule has 0 bridgehead atoms. The molecule has 0 aliphatic carbocycles. The van der Waals surface area contributed by atoms with Crippen LogP contribution in [-0.4, -0.2) is 24.0 Å². The molecule has 1 heterocycles. The number of carbonyl (C=O) groups excluding carboxylic acids is 1. The highest BCUT2D eigenvalue weighted by atomic mass is 35.5. The lowest BCUT2D eigenvalue weighted by Crippen LogP contribution is -2.23. The highest BCUT2D eigenvalue weighted by Gasteiger charge is 2.11. The van der Waals surface area contributed by atoms with Gasteiger partial charge in [0.15, 0.2) is 0 Å². The normalized spacial score (nSPS) is 10.3. The number of nitrogens with two attached hydrogens (primary N) is 1. The molecular formula is C17H24ClN3O2S. The van der Waals surface area contributed by atoms with Crippen molar-refractivity contribution in [1.82, 2.24) is 10.3 Å². The minimum atomic E-state index is -0.178. The number of carbonyl (C=O) groups is 1. The van der Waals surface area contributed by atoms with Crippen LogP contribution in [0.1, 0.15) is 34.9 Å². The number of ether oxygens (including phenoxy) is 1. The van der Waals surface area contributed by atoms with Gasteiger partial charge >= 0.3 is 0 Å². The van der Waals surface area contributed by atoms with Gasteiger partial charge in [-0.15, -0.1) is 23.7 Å². The van der Waals surface area contributed by atoms with Gasteiger partial charge in [-0.1, -0.05) is 32.0 Å². The number of hydrogen-bond donors (Lipinski definition) is 2. The molecule has 24 heavy (non-hydrogen) atoms. The topological polar surface area (TPSA) is 77.2 Å². The smallest absolute Gasteiger partial charge is 0.271 e. The molecule has 1 aromatic heterocycles. The van der Waals surface area contributed by atoms with E-state index in [0.29, 0.717) is 37.7 Å². The Hall–Kier alpha value is -1.63. The van der Waals surface area contributed by atoms with Gasteiger partial charge in [0.25, 0.3) is 5.91 Å². The van der Waals surface area contributed by atoms with E-state index >= 15 is 0 Å². The van der Waals surface area contributed by atoms with Gasteiger partial charge < -0.3 is 15.8 Å². The van der Waals surface area contributed by atoms with Crippen LogP contribution in [0.15, 0.2) is 29.6 Å². The lowest BCUT2D eigenvalue weighted by molar-refractivity contribution is 0.0946. The number of benzene rings is 1. The number of para-hydroxylation sites is 1. The second-order valence-electron chi connectivity index (χ2n) is 5.66. The van der Waals surface area contributed by atoms with Crippen LogP contribution in [-0.2, 0) is 13.0 Å². The van der Waals surface area contributed by atoms with Gasteiger partial charge in [0.1, 0.15) is 11.4 Å². The molecule has 0 spiro atoms. The van der Waals surface area contributed by atoms with E-state index in [-0.39, 0.29) is 18.3 Å². The maximum Gasteiger partial charge on any atom is 0.271 e. The number of rotatable bonds is 8. The Bertz CT molecular complexity index is 646. The van der Waals surface area contributed by atoms with E-state index in [1.165, 1.54) is 11.3 Å². The molecule has 2 aromatic rings. The van der Waals surface area contributed by atoms with E-state index in [0.717, 1.165) is 16.3 Å². The summed E-state index contributed by atoms with van der Waals surface area (Å²) in [6.45, 7) is 5.81. The number of thiazole rings is 1. The number of halogens is 1. The Kier molecular flexibility index (Phi) is 8.74. The first-order valence-electron chi connectivity index (χ1n) is 7.73. The monoisotopic (exact) mass is 369 g/mol. The predicted octanol–water partition coefficient (Wildman–Crippen LogP) is 3.03. The second-order valence-corrected chi connectivity index (χ2v) is 6.60. The van der Waals surface area contributed by atoms with Crippen LogP contribution in [0.2, 0.25) is 0 Å². The molecule has 0 fully saturated rings.